The summed E-state index contributed by atoms with van der Waals surface area (Å²) >= 11 is 0. The molecule has 0 radical (unpaired) electrons. The Bertz CT molecular complexity index is 1220. The molecule has 11 heteroatoms. The maximum atomic E-state index is 13.4. The average molecular weight is 498 g/mol. The SMILES string of the molecule is CC(c1cc(C(F)(F)F)cc(C(F)(F)F)c1)N1Cc2c(-c3ccc(F)cc3)ccnc2OCC1=O. The lowest BCUT2D eigenvalue weighted by molar-refractivity contribution is -0.143. The van der Waals surface area contributed by atoms with Crippen molar-refractivity contribution in [3.63, 3.8) is 0 Å². The second-order valence-electron chi connectivity index (χ2n) is 7.97. The molecule has 4 nitrogen and oxygen atoms in total. The van der Waals surface area contributed by atoms with Crippen LogP contribution in [0.3, 0.4) is 0 Å². The Hall–Kier alpha value is -3.63. The molecule has 1 amide bonds. The van der Waals surface area contributed by atoms with E-state index in [1.165, 1.54) is 37.4 Å². The average Bonchev–Trinajstić information content (AvgIpc) is 2.96. The summed E-state index contributed by atoms with van der Waals surface area (Å²) in [6, 6.07) is 7.12. The molecule has 2 aromatic carbocycles. The van der Waals surface area contributed by atoms with Crippen molar-refractivity contribution in [3.8, 4) is 17.0 Å². The number of hydrogen-bond donors (Lipinski definition) is 0. The fourth-order valence-electron chi connectivity index (χ4n) is 3.87. The summed E-state index contributed by atoms with van der Waals surface area (Å²) in [5, 5.41) is 0. The van der Waals surface area contributed by atoms with Crippen molar-refractivity contribution in [2.24, 2.45) is 0 Å². The molecular formula is C24H17F7N2O2. The number of halogens is 7. The molecule has 1 atom stereocenters. The number of pyridine rings is 1. The van der Waals surface area contributed by atoms with Crippen LogP contribution in [-0.2, 0) is 23.7 Å². The molecule has 0 spiro atoms. The number of nitrogens with zero attached hydrogens (tertiary/aromatic N) is 2. The lowest BCUT2D eigenvalue weighted by Gasteiger charge is -2.29. The van der Waals surface area contributed by atoms with Crippen LogP contribution in [0.4, 0.5) is 30.7 Å². The summed E-state index contributed by atoms with van der Waals surface area (Å²) in [6.45, 7) is 0.627. The third-order valence-corrected chi connectivity index (χ3v) is 5.71. The van der Waals surface area contributed by atoms with E-state index in [2.05, 4.69) is 4.98 Å². The zero-order valence-corrected chi connectivity index (χ0v) is 18.0. The zero-order chi connectivity index (χ0) is 25.5. The second-order valence-corrected chi connectivity index (χ2v) is 7.97. The zero-order valence-electron chi connectivity index (χ0n) is 18.0. The molecule has 1 aromatic heterocycles. The van der Waals surface area contributed by atoms with E-state index in [-0.39, 0.29) is 24.1 Å². The van der Waals surface area contributed by atoms with Crippen molar-refractivity contribution in [1.29, 1.82) is 0 Å². The van der Waals surface area contributed by atoms with Crippen LogP contribution in [0.15, 0.2) is 54.7 Å². The van der Waals surface area contributed by atoms with Crippen molar-refractivity contribution < 1.29 is 40.3 Å². The Morgan fingerprint density at radius 1 is 0.943 bits per heavy atom. The van der Waals surface area contributed by atoms with Crippen LogP contribution in [0, 0.1) is 5.82 Å². The number of ether oxygens (including phenoxy) is 1. The minimum Gasteiger partial charge on any atom is -0.467 e. The van der Waals surface area contributed by atoms with Crippen LogP contribution in [0.1, 0.15) is 35.2 Å². The molecule has 0 saturated heterocycles. The Balaban J connectivity index is 1.78. The molecule has 0 saturated carbocycles. The van der Waals surface area contributed by atoms with Gasteiger partial charge in [-0.05, 0) is 60.0 Å². The van der Waals surface area contributed by atoms with Gasteiger partial charge < -0.3 is 9.64 Å². The minimum atomic E-state index is -5.02. The van der Waals surface area contributed by atoms with Gasteiger partial charge >= 0.3 is 12.4 Å². The van der Waals surface area contributed by atoms with Crippen LogP contribution in [0.2, 0.25) is 0 Å². The van der Waals surface area contributed by atoms with Gasteiger partial charge in [-0.25, -0.2) is 9.37 Å². The highest BCUT2D eigenvalue weighted by Crippen LogP contribution is 2.40. The van der Waals surface area contributed by atoms with Crippen molar-refractivity contribution in [1.82, 2.24) is 9.88 Å². The molecule has 1 unspecified atom stereocenters. The van der Waals surface area contributed by atoms with E-state index in [4.69, 9.17) is 4.74 Å². The number of carbonyl (C=O) groups excluding carboxylic acids is 1. The molecule has 0 fully saturated rings. The molecular weight excluding hydrogens is 481 g/mol. The molecule has 1 aliphatic rings. The van der Waals surface area contributed by atoms with Gasteiger partial charge in [0.05, 0.1) is 23.7 Å². The molecule has 0 N–H and O–H groups in total. The molecule has 2 heterocycles. The predicted octanol–water partition coefficient (Wildman–Crippen LogP) is 6.41. The minimum absolute atomic E-state index is 0.0371. The second kappa shape index (κ2) is 8.86. The van der Waals surface area contributed by atoms with Gasteiger partial charge in [0.1, 0.15) is 5.82 Å². The maximum absolute atomic E-state index is 13.4. The summed E-state index contributed by atoms with van der Waals surface area (Å²) in [7, 11) is 0. The smallest absolute Gasteiger partial charge is 0.416 e. The number of rotatable bonds is 3. The topological polar surface area (TPSA) is 42.4 Å². The molecule has 35 heavy (non-hydrogen) atoms. The normalized spacial score (nSPS) is 15.3. The summed E-state index contributed by atoms with van der Waals surface area (Å²) in [5.41, 5.74) is -1.80. The Morgan fingerprint density at radius 2 is 1.54 bits per heavy atom. The number of aromatic nitrogens is 1. The third kappa shape index (κ3) is 5.08. The first-order valence-corrected chi connectivity index (χ1v) is 10.3. The monoisotopic (exact) mass is 498 g/mol. The van der Waals surface area contributed by atoms with Crippen molar-refractivity contribution in [3.05, 3.63) is 82.8 Å². The van der Waals surface area contributed by atoms with Gasteiger partial charge in [0.25, 0.3) is 5.91 Å². The highest BCUT2D eigenvalue weighted by molar-refractivity contribution is 5.80. The van der Waals surface area contributed by atoms with Gasteiger partial charge in [0.15, 0.2) is 6.61 Å². The van der Waals surface area contributed by atoms with E-state index < -0.39 is 47.9 Å². The fraction of sp³-hybridized carbons (Fsp3) is 0.250. The summed E-state index contributed by atoms with van der Waals surface area (Å²) in [4.78, 5) is 18.1. The molecule has 0 aliphatic carbocycles. The van der Waals surface area contributed by atoms with E-state index in [0.29, 0.717) is 28.8 Å². The van der Waals surface area contributed by atoms with Crippen molar-refractivity contribution in [2.75, 3.05) is 6.61 Å². The van der Waals surface area contributed by atoms with E-state index in [0.717, 1.165) is 4.90 Å². The van der Waals surface area contributed by atoms with Crippen LogP contribution < -0.4 is 4.74 Å². The maximum Gasteiger partial charge on any atom is 0.416 e. The van der Waals surface area contributed by atoms with E-state index in [1.807, 2.05) is 0 Å². The summed E-state index contributed by atoms with van der Waals surface area (Å²) in [6.07, 6.45) is -8.62. The number of benzene rings is 2. The number of carbonyl (C=O) groups is 1. The number of hydrogen-bond acceptors (Lipinski definition) is 3. The molecule has 4 rings (SSSR count). The van der Waals surface area contributed by atoms with Crippen molar-refractivity contribution in [2.45, 2.75) is 31.9 Å². The van der Waals surface area contributed by atoms with E-state index in [1.54, 1.807) is 6.07 Å². The summed E-state index contributed by atoms with van der Waals surface area (Å²) < 4.78 is 99.0. The highest BCUT2D eigenvalue weighted by Gasteiger charge is 2.38. The van der Waals surface area contributed by atoms with Crippen LogP contribution >= 0.6 is 0 Å². The van der Waals surface area contributed by atoms with Crippen LogP contribution in [0.5, 0.6) is 5.88 Å². The van der Waals surface area contributed by atoms with Gasteiger partial charge in [-0.15, -0.1) is 0 Å². The fourth-order valence-corrected chi connectivity index (χ4v) is 3.87. The Morgan fingerprint density at radius 3 is 2.11 bits per heavy atom. The quantitative estimate of drug-likeness (QED) is 0.392. The first-order chi connectivity index (χ1) is 16.3. The molecule has 1 aliphatic heterocycles. The molecule has 0 bridgehead atoms. The number of alkyl halides is 6. The number of amides is 1. The molecule has 184 valence electrons. The van der Waals surface area contributed by atoms with Crippen molar-refractivity contribution >= 4 is 5.91 Å². The Labute approximate surface area is 195 Å². The lowest BCUT2D eigenvalue weighted by atomic mass is 9.97. The van der Waals surface area contributed by atoms with Gasteiger partial charge in [-0.3, -0.25) is 4.79 Å². The predicted molar refractivity (Wildman–Crippen MR) is 111 cm³/mol. The standard InChI is InChI=1S/C24H17F7N2O2/c1-13(15-8-16(23(26,27)28)10-17(9-15)24(29,30)31)33-11-20-19(14-2-4-18(25)5-3-14)6-7-32-22(20)35-12-21(33)34/h2-10,13H,11-12H2,1H3. The third-order valence-electron chi connectivity index (χ3n) is 5.71. The largest absolute Gasteiger partial charge is 0.467 e. The van der Waals surface area contributed by atoms with Gasteiger partial charge in [-0.2, -0.15) is 26.3 Å². The first kappa shape index (κ1) is 24.5. The van der Waals surface area contributed by atoms with Crippen LogP contribution in [-0.4, -0.2) is 22.4 Å². The molecule has 3 aromatic rings. The van der Waals surface area contributed by atoms with E-state index >= 15 is 0 Å². The Kier molecular flexibility index (Phi) is 6.20. The number of fused-ring (bicyclic) bond motifs is 1. The highest BCUT2D eigenvalue weighted by atomic mass is 19.4. The van der Waals surface area contributed by atoms with E-state index in [9.17, 15) is 35.5 Å². The summed E-state index contributed by atoms with van der Waals surface area (Å²) in [5.74, 6) is -1.03. The van der Waals surface area contributed by atoms with Gasteiger partial charge in [-0.1, -0.05) is 12.1 Å². The lowest BCUT2D eigenvalue weighted by Crippen LogP contribution is -2.35. The van der Waals surface area contributed by atoms with Crippen LogP contribution in [0.25, 0.3) is 11.1 Å². The van der Waals surface area contributed by atoms with Gasteiger partial charge in [0.2, 0.25) is 5.88 Å². The van der Waals surface area contributed by atoms with Gasteiger partial charge in [0, 0.05) is 11.8 Å². The first-order valence-electron chi connectivity index (χ1n) is 10.3.